The molecule has 1 aliphatic heterocycles. The zero-order chi connectivity index (χ0) is 18.4. The number of carbonyl (C=O) groups is 1. The van der Waals surface area contributed by atoms with Gasteiger partial charge in [0.05, 0.1) is 0 Å². The zero-order valence-corrected chi connectivity index (χ0v) is 15.4. The molecule has 1 aromatic carbocycles. The molecule has 0 saturated carbocycles. The Hall–Kier alpha value is -1.98. The summed E-state index contributed by atoms with van der Waals surface area (Å²) in [6.07, 6.45) is 3.22. The number of aromatic nitrogens is 1. The van der Waals surface area contributed by atoms with E-state index in [0.717, 1.165) is 12.1 Å². The van der Waals surface area contributed by atoms with Crippen LogP contribution < -0.4 is 5.32 Å². The number of carbonyl (C=O) groups excluding carboxylic acids is 1. The summed E-state index contributed by atoms with van der Waals surface area (Å²) in [4.78, 5) is 18.5. The maximum absolute atomic E-state index is 15.0. The number of amides is 1. The molecule has 1 aliphatic rings. The summed E-state index contributed by atoms with van der Waals surface area (Å²) in [6.45, 7) is 1.83. The number of pyridine rings is 1. The minimum absolute atomic E-state index is 0.0855. The summed E-state index contributed by atoms with van der Waals surface area (Å²) in [5.41, 5.74) is 0.280. The van der Waals surface area contributed by atoms with Gasteiger partial charge in [0.15, 0.2) is 0 Å². The van der Waals surface area contributed by atoms with Crippen LogP contribution >= 0.6 is 11.6 Å². The number of alkyl halides is 1. The van der Waals surface area contributed by atoms with Crippen LogP contribution in [0.15, 0.2) is 48.7 Å². The molecular weight excluding hydrogens is 353 g/mol. The number of rotatable bonds is 6. The van der Waals surface area contributed by atoms with Crippen LogP contribution in [-0.2, 0) is 6.42 Å². The van der Waals surface area contributed by atoms with Gasteiger partial charge in [0.25, 0.3) is 5.91 Å². The number of likely N-dealkylation sites (tertiary alicyclic amines) is 1. The predicted octanol–water partition coefficient (Wildman–Crippen LogP) is 3.51. The molecule has 2 heterocycles. The highest BCUT2D eigenvalue weighted by molar-refractivity contribution is 6.30. The second-order valence-electron chi connectivity index (χ2n) is 6.70. The van der Waals surface area contributed by atoms with Gasteiger partial charge in [0.1, 0.15) is 5.67 Å². The summed E-state index contributed by atoms with van der Waals surface area (Å²) in [5.74, 6) is -0.0855. The van der Waals surface area contributed by atoms with Gasteiger partial charge in [-0.3, -0.25) is 9.78 Å². The van der Waals surface area contributed by atoms with Gasteiger partial charge in [-0.15, -0.1) is 0 Å². The molecule has 0 unspecified atom stereocenters. The summed E-state index contributed by atoms with van der Waals surface area (Å²) in [7, 11) is 0. The van der Waals surface area contributed by atoms with Gasteiger partial charge in [0.2, 0.25) is 0 Å². The summed E-state index contributed by atoms with van der Waals surface area (Å²) < 4.78 is 15.0. The molecule has 1 N–H and O–H groups in total. The maximum Gasteiger partial charge on any atom is 0.253 e. The number of hydrogen-bond acceptors (Lipinski definition) is 3. The van der Waals surface area contributed by atoms with Crippen molar-refractivity contribution >= 4 is 17.5 Å². The number of hydrogen-bond donors (Lipinski definition) is 1. The highest BCUT2D eigenvalue weighted by Gasteiger charge is 2.35. The molecule has 0 atom stereocenters. The third-order valence-electron chi connectivity index (χ3n) is 4.74. The fraction of sp³-hybridized carbons (Fsp3) is 0.400. The molecule has 138 valence electrons. The molecule has 1 fully saturated rings. The van der Waals surface area contributed by atoms with Crippen molar-refractivity contribution in [3.63, 3.8) is 0 Å². The highest BCUT2D eigenvalue weighted by Crippen LogP contribution is 2.27. The van der Waals surface area contributed by atoms with E-state index in [1.54, 1.807) is 35.4 Å². The van der Waals surface area contributed by atoms with Gasteiger partial charge in [-0.2, -0.15) is 0 Å². The van der Waals surface area contributed by atoms with Crippen molar-refractivity contribution in [1.82, 2.24) is 15.2 Å². The smallest absolute Gasteiger partial charge is 0.253 e. The van der Waals surface area contributed by atoms with Crippen molar-refractivity contribution in [3.8, 4) is 0 Å². The van der Waals surface area contributed by atoms with Gasteiger partial charge < -0.3 is 10.2 Å². The molecule has 0 bridgehead atoms. The van der Waals surface area contributed by atoms with E-state index in [1.807, 2.05) is 18.2 Å². The van der Waals surface area contributed by atoms with Crippen molar-refractivity contribution in [2.45, 2.75) is 24.9 Å². The Morgan fingerprint density at radius 3 is 2.73 bits per heavy atom. The lowest BCUT2D eigenvalue weighted by Crippen LogP contribution is -2.49. The lowest BCUT2D eigenvalue weighted by Gasteiger charge is -2.36. The Balaban J connectivity index is 1.44. The largest absolute Gasteiger partial charge is 0.338 e. The monoisotopic (exact) mass is 375 g/mol. The minimum Gasteiger partial charge on any atom is -0.338 e. The van der Waals surface area contributed by atoms with E-state index < -0.39 is 5.67 Å². The molecule has 3 rings (SSSR count). The average molecular weight is 376 g/mol. The second kappa shape index (κ2) is 8.60. The third kappa shape index (κ3) is 5.02. The normalized spacial score (nSPS) is 16.5. The van der Waals surface area contributed by atoms with Crippen molar-refractivity contribution in [2.24, 2.45) is 0 Å². The van der Waals surface area contributed by atoms with E-state index >= 15 is 0 Å². The molecule has 0 aliphatic carbocycles. The van der Waals surface area contributed by atoms with Crippen LogP contribution in [0.1, 0.15) is 28.9 Å². The SMILES string of the molecule is O=C(c1cccc(Cl)c1)N1CCC(F)(CNCCc2ccccn2)CC1. The molecular formula is C20H23ClFN3O. The van der Waals surface area contributed by atoms with E-state index in [-0.39, 0.29) is 5.91 Å². The van der Waals surface area contributed by atoms with E-state index in [4.69, 9.17) is 11.6 Å². The number of nitrogens with zero attached hydrogens (tertiary/aromatic N) is 2. The summed E-state index contributed by atoms with van der Waals surface area (Å²) >= 11 is 5.94. The number of benzene rings is 1. The van der Waals surface area contributed by atoms with Gasteiger partial charge in [0, 0.05) is 67.9 Å². The highest BCUT2D eigenvalue weighted by atomic mass is 35.5. The molecule has 1 aromatic heterocycles. The van der Waals surface area contributed by atoms with E-state index in [9.17, 15) is 9.18 Å². The lowest BCUT2D eigenvalue weighted by atomic mass is 9.92. The Kier molecular flexibility index (Phi) is 6.22. The fourth-order valence-corrected chi connectivity index (χ4v) is 3.36. The standard InChI is InChI=1S/C20H23ClFN3O/c21-17-5-3-4-16(14-17)19(26)25-12-8-20(22,9-13-25)15-23-11-7-18-6-1-2-10-24-18/h1-6,10,14,23H,7-9,11-13,15H2. The van der Waals surface area contributed by atoms with Crippen LogP contribution in [0.5, 0.6) is 0 Å². The minimum atomic E-state index is -1.27. The number of piperidine rings is 1. The van der Waals surface area contributed by atoms with Crippen molar-refractivity contribution in [1.29, 1.82) is 0 Å². The maximum atomic E-state index is 15.0. The van der Waals surface area contributed by atoms with Gasteiger partial charge in [-0.05, 0) is 30.3 Å². The first-order valence-electron chi connectivity index (χ1n) is 8.90. The van der Waals surface area contributed by atoms with Crippen molar-refractivity contribution in [2.75, 3.05) is 26.2 Å². The van der Waals surface area contributed by atoms with Gasteiger partial charge >= 0.3 is 0 Å². The molecule has 6 heteroatoms. The molecule has 0 radical (unpaired) electrons. The molecule has 1 saturated heterocycles. The first kappa shape index (κ1) is 18.8. The van der Waals surface area contributed by atoms with Gasteiger partial charge in [-0.25, -0.2) is 4.39 Å². The number of halogens is 2. The number of nitrogens with one attached hydrogen (secondary N) is 1. The predicted molar refractivity (Wildman–Crippen MR) is 101 cm³/mol. The topological polar surface area (TPSA) is 45.2 Å². The molecule has 1 amide bonds. The Bertz CT molecular complexity index is 733. The Morgan fingerprint density at radius 1 is 1.23 bits per heavy atom. The quantitative estimate of drug-likeness (QED) is 0.786. The molecule has 4 nitrogen and oxygen atoms in total. The fourth-order valence-electron chi connectivity index (χ4n) is 3.17. The third-order valence-corrected chi connectivity index (χ3v) is 4.98. The molecule has 2 aromatic rings. The van der Waals surface area contributed by atoms with E-state index in [2.05, 4.69) is 10.3 Å². The van der Waals surface area contributed by atoms with Crippen LogP contribution in [0, 0.1) is 0 Å². The Morgan fingerprint density at radius 2 is 2.04 bits per heavy atom. The molecule has 26 heavy (non-hydrogen) atoms. The first-order chi connectivity index (χ1) is 12.6. The van der Waals surface area contributed by atoms with Gasteiger partial charge in [-0.1, -0.05) is 23.7 Å². The summed E-state index contributed by atoms with van der Waals surface area (Å²) in [6, 6.07) is 12.7. The average Bonchev–Trinajstić information content (AvgIpc) is 2.66. The Labute approximate surface area is 158 Å². The van der Waals surface area contributed by atoms with Crippen LogP contribution in [0.25, 0.3) is 0 Å². The van der Waals surface area contributed by atoms with E-state index in [1.165, 1.54) is 0 Å². The molecule has 0 spiro atoms. The first-order valence-corrected chi connectivity index (χ1v) is 9.28. The van der Waals surface area contributed by atoms with Crippen LogP contribution in [0.3, 0.4) is 0 Å². The van der Waals surface area contributed by atoms with Crippen LogP contribution in [-0.4, -0.2) is 47.6 Å². The summed E-state index contributed by atoms with van der Waals surface area (Å²) in [5, 5.41) is 3.72. The zero-order valence-electron chi connectivity index (χ0n) is 14.6. The van der Waals surface area contributed by atoms with Crippen LogP contribution in [0.4, 0.5) is 4.39 Å². The van der Waals surface area contributed by atoms with Crippen LogP contribution in [0.2, 0.25) is 5.02 Å². The lowest BCUT2D eigenvalue weighted by molar-refractivity contribution is 0.0436. The van der Waals surface area contributed by atoms with Crippen molar-refractivity contribution in [3.05, 3.63) is 64.9 Å². The van der Waals surface area contributed by atoms with Crippen molar-refractivity contribution < 1.29 is 9.18 Å². The second-order valence-corrected chi connectivity index (χ2v) is 7.14. The van der Waals surface area contributed by atoms with E-state index in [0.29, 0.717) is 49.6 Å².